The van der Waals surface area contributed by atoms with E-state index in [1.54, 1.807) is 24.8 Å². The number of carbonyl (C=O) groups excluding carboxylic acids is 3. The van der Waals surface area contributed by atoms with Crippen LogP contribution in [-0.4, -0.2) is 63.1 Å². The van der Waals surface area contributed by atoms with Crippen LogP contribution in [0.15, 0.2) is 71.6 Å². The number of halogens is 1. The van der Waals surface area contributed by atoms with Gasteiger partial charge in [-0.3, -0.25) is 9.59 Å². The lowest BCUT2D eigenvalue weighted by Gasteiger charge is -2.29. The lowest BCUT2D eigenvalue weighted by molar-refractivity contribution is -0.135. The number of fused-ring (bicyclic) bond motifs is 1. The topological polar surface area (TPSA) is 157 Å². The van der Waals surface area contributed by atoms with E-state index in [1.807, 2.05) is 48.5 Å². The van der Waals surface area contributed by atoms with Crippen molar-refractivity contribution in [2.45, 2.75) is 61.8 Å². The molecule has 4 rings (SSSR count). The Hall–Kier alpha value is -3.97. The minimum atomic E-state index is -0.978. The minimum Gasteiger partial charge on any atom is -0.394 e. The highest BCUT2D eigenvalue weighted by atomic mass is 32.2. The molecule has 0 unspecified atom stereocenters. The first kappa shape index (κ1) is 32.9. The summed E-state index contributed by atoms with van der Waals surface area (Å²) in [4.78, 5) is 40.3. The Bertz CT molecular complexity index is 1490. The number of aliphatic hydroxyl groups excluding tert-OH is 2. The number of benzene rings is 3. The van der Waals surface area contributed by atoms with Gasteiger partial charge in [0.15, 0.2) is 5.37 Å². The van der Waals surface area contributed by atoms with Crippen LogP contribution in [0, 0.1) is 5.82 Å². The Labute approximate surface area is 260 Å². The second-order valence-corrected chi connectivity index (χ2v) is 12.5. The van der Waals surface area contributed by atoms with E-state index in [1.165, 1.54) is 12.1 Å². The molecule has 0 bridgehead atoms. The molecule has 1 aliphatic rings. The van der Waals surface area contributed by atoms with Crippen molar-refractivity contribution >= 4 is 29.6 Å². The third kappa shape index (κ3) is 9.02. The zero-order valence-electron chi connectivity index (χ0n) is 24.7. The van der Waals surface area contributed by atoms with Gasteiger partial charge in [0, 0.05) is 43.0 Å². The number of nitrogens with one attached hydrogen (secondary N) is 3. The number of carbonyl (C=O) groups is 3. The molecule has 0 fully saturated rings. The molecule has 3 aromatic rings. The van der Waals surface area contributed by atoms with Crippen LogP contribution in [0.4, 0.5) is 9.18 Å². The lowest BCUT2D eigenvalue weighted by atomic mass is 9.98. The van der Waals surface area contributed by atoms with E-state index >= 15 is 0 Å². The molecular formula is C32H38FN5O5S. The summed E-state index contributed by atoms with van der Waals surface area (Å²) in [6.45, 7) is 4.06. The summed E-state index contributed by atoms with van der Waals surface area (Å²) in [6, 6.07) is 19.2. The maximum Gasteiger partial charge on any atom is 0.312 e. The summed E-state index contributed by atoms with van der Waals surface area (Å²) >= 11 is 1.10. The maximum absolute atomic E-state index is 14.2. The van der Waals surface area contributed by atoms with Gasteiger partial charge >= 0.3 is 6.03 Å². The first-order chi connectivity index (χ1) is 20.9. The number of nitrogens with zero attached hydrogens (tertiary/aromatic N) is 1. The number of nitrogens with two attached hydrogens (primary N) is 1. The van der Waals surface area contributed by atoms with E-state index in [0.29, 0.717) is 4.90 Å². The van der Waals surface area contributed by atoms with Gasteiger partial charge in [-0.1, -0.05) is 66.4 Å². The van der Waals surface area contributed by atoms with Crippen LogP contribution in [0.5, 0.6) is 0 Å². The van der Waals surface area contributed by atoms with Crippen LogP contribution < -0.4 is 21.7 Å². The fourth-order valence-electron chi connectivity index (χ4n) is 4.89. The van der Waals surface area contributed by atoms with Gasteiger partial charge in [-0.15, -0.1) is 0 Å². The third-order valence-electron chi connectivity index (χ3n) is 7.20. The van der Waals surface area contributed by atoms with Crippen LogP contribution in [-0.2, 0) is 29.2 Å². The average Bonchev–Trinajstić information content (AvgIpc) is 3.10. The van der Waals surface area contributed by atoms with Crippen LogP contribution in [0.2, 0.25) is 0 Å². The number of hydrogen-bond donors (Lipinski definition) is 6. The molecule has 0 spiro atoms. The highest BCUT2D eigenvalue weighted by Crippen LogP contribution is 2.33. The Morgan fingerprint density at radius 2 is 1.86 bits per heavy atom. The van der Waals surface area contributed by atoms with Gasteiger partial charge in [0.05, 0.1) is 12.7 Å². The fourth-order valence-corrected chi connectivity index (χ4v) is 6.05. The van der Waals surface area contributed by atoms with Gasteiger partial charge in [-0.25, -0.2) is 9.18 Å². The summed E-state index contributed by atoms with van der Waals surface area (Å²) in [5.41, 5.74) is 8.94. The highest BCUT2D eigenvalue weighted by Gasteiger charge is 2.33. The van der Waals surface area contributed by atoms with Crippen molar-refractivity contribution in [3.05, 3.63) is 89.2 Å². The summed E-state index contributed by atoms with van der Waals surface area (Å²) in [5, 5.41) is 26.2. The third-order valence-corrected chi connectivity index (χ3v) is 8.39. The Balaban J connectivity index is 1.51. The second kappa shape index (κ2) is 14.7. The van der Waals surface area contributed by atoms with Crippen LogP contribution in [0.3, 0.4) is 0 Å². The van der Waals surface area contributed by atoms with Gasteiger partial charge < -0.3 is 36.8 Å². The molecule has 12 heteroatoms. The average molecular weight is 624 g/mol. The first-order valence-corrected chi connectivity index (χ1v) is 15.1. The monoisotopic (exact) mass is 623 g/mol. The standard InChI is InChI=1S/C32H38FN5O5S/c1-32(2,36-16-25(40)19-39)14-28(41)37-29-30(42)38(18-23-11-12-24(33)13-27(23)44-29)17-20-7-9-21(10-8-20)26-6-4-3-5-22(26)15-35-31(34)43/h3-13,25,29,36,39-40H,14-19H2,1-2H3,(H,37,41)(H3,34,35,43)/t25-,29+/m0/s1. The number of thioether (sulfide) groups is 1. The van der Waals surface area contributed by atoms with E-state index in [2.05, 4.69) is 16.0 Å². The maximum atomic E-state index is 14.2. The quantitative estimate of drug-likeness (QED) is 0.181. The predicted octanol–water partition coefficient (Wildman–Crippen LogP) is 2.85. The zero-order valence-corrected chi connectivity index (χ0v) is 25.5. The lowest BCUT2D eigenvalue weighted by Crippen LogP contribution is -2.50. The molecule has 0 aliphatic carbocycles. The molecule has 7 N–H and O–H groups in total. The largest absolute Gasteiger partial charge is 0.394 e. The number of urea groups is 1. The van der Waals surface area contributed by atoms with Crippen molar-refractivity contribution in [1.29, 1.82) is 0 Å². The molecule has 234 valence electrons. The molecule has 0 saturated heterocycles. The molecule has 1 heterocycles. The Morgan fingerprint density at radius 3 is 2.57 bits per heavy atom. The number of aliphatic hydroxyl groups is 2. The van der Waals surface area contributed by atoms with Gasteiger partial charge in [0.25, 0.3) is 5.91 Å². The number of amides is 4. The van der Waals surface area contributed by atoms with E-state index in [9.17, 15) is 23.9 Å². The summed E-state index contributed by atoms with van der Waals surface area (Å²) in [6.07, 6.45) is -0.956. The molecule has 1 aliphatic heterocycles. The molecule has 0 radical (unpaired) electrons. The Kier molecular flexibility index (Phi) is 11.0. The molecule has 2 atom stereocenters. The van der Waals surface area contributed by atoms with Crippen molar-refractivity contribution in [2.24, 2.45) is 5.73 Å². The van der Waals surface area contributed by atoms with E-state index < -0.39 is 35.5 Å². The first-order valence-electron chi connectivity index (χ1n) is 14.2. The summed E-state index contributed by atoms with van der Waals surface area (Å²) < 4.78 is 14.2. The Morgan fingerprint density at radius 1 is 1.14 bits per heavy atom. The van der Waals surface area contributed by atoms with Gasteiger partial charge in [-0.05, 0) is 53.8 Å². The summed E-state index contributed by atoms with van der Waals surface area (Å²) in [7, 11) is 0. The van der Waals surface area contributed by atoms with Crippen molar-refractivity contribution < 1.29 is 29.0 Å². The molecule has 0 aromatic heterocycles. The van der Waals surface area contributed by atoms with Crippen molar-refractivity contribution in [2.75, 3.05) is 13.2 Å². The van der Waals surface area contributed by atoms with Gasteiger partial charge in [-0.2, -0.15) is 0 Å². The van der Waals surface area contributed by atoms with Crippen LogP contribution in [0.1, 0.15) is 37.0 Å². The molecule has 4 amide bonds. The van der Waals surface area contributed by atoms with Crippen molar-refractivity contribution in [1.82, 2.24) is 20.9 Å². The molecule has 0 saturated carbocycles. The van der Waals surface area contributed by atoms with Gasteiger partial charge in [0.2, 0.25) is 5.91 Å². The van der Waals surface area contributed by atoms with E-state index in [0.717, 1.165) is 39.6 Å². The highest BCUT2D eigenvalue weighted by molar-refractivity contribution is 8.00. The van der Waals surface area contributed by atoms with E-state index in [4.69, 9.17) is 10.8 Å². The number of rotatable bonds is 12. The van der Waals surface area contributed by atoms with Crippen molar-refractivity contribution in [3.8, 4) is 11.1 Å². The number of primary amides is 1. The van der Waals surface area contributed by atoms with E-state index in [-0.39, 0.29) is 44.4 Å². The molecule has 10 nitrogen and oxygen atoms in total. The van der Waals surface area contributed by atoms with Crippen LogP contribution in [0.25, 0.3) is 11.1 Å². The minimum absolute atomic E-state index is 0.00337. The molecule has 44 heavy (non-hydrogen) atoms. The van der Waals surface area contributed by atoms with Crippen molar-refractivity contribution in [3.63, 3.8) is 0 Å². The number of hydrogen-bond acceptors (Lipinski definition) is 7. The smallest absolute Gasteiger partial charge is 0.312 e. The molecular weight excluding hydrogens is 585 g/mol. The fraction of sp³-hybridized carbons (Fsp3) is 0.344. The number of β-amino-alcohol motifs (C(OH)–C–C–N with tert-alkyl or cyclic N) is 1. The molecule has 3 aromatic carbocycles. The van der Waals surface area contributed by atoms with Crippen LogP contribution >= 0.6 is 11.8 Å². The van der Waals surface area contributed by atoms with Gasteiger partial charge in [0.1, 0.15) is 5.82 Å². The zero-order chi connectivity index (χ0) is 31.9. The summed E-state index contributed by atoms with van der Waals surface area (Å²) in [5.74, 6) is -1.13. The normalized spacial score (nSPS) is 15.7. The second-order valence-electron chi connectivity index (χ2n) is 11.4. The predicted molar refractivity (Wildman–Crippen MR) is 167 cm³/mol. The SMILES string of the molecule is CC(C)(CC(=O)N[C@@H]1Sc2cc(F)ccc2CN(Cc2ccc(-c3ccccc3CNC(N)=O)cc2)C1=O)NC[C@H](O)CO.